The summed E-state index contributed by atoms with van der Waals surface area (Å²) in [6, 6.07) is 12.1. The molecule has 4 aromatic rings. The number of rotatable bonds is 10. The van der Waals surface area contributed by atoms with Gasteiger partial charge in [-0.1, -0.05) is 12.6 Å². The Kier molecular flexibility index (Phi) is 8.58. The van der Waals surface area contributed by atoms with Gasteiger partial charge in [0, 0.05) is 42.8 Å². The Bertz CT molecular complexity index is 1510. The molecule has 1 fully saturated rings. The summed E-state index contributed by atoms with van der Waals surface area (Å²) in [6.07, 6.45) is 5.17. The molecule has 0 saturated carbocycles. The summed E-state index contributed by atoms with van der Waals surface area (Å²) in [4.78, 5) is 27.7. The van der Waals surface area contributed by atoms with Gasteiger partial charge in [0.2, 0.25) is 5.91 Å². The molecule has 1 saturated heterocycles. The second kappa shape index (κ2) is 12.6. The van der Waals surface area contributed by atoms with E-state index >= 15 is 0 Å². The van der Waals surface area contributed by atoms with Crippen LogP contribution in [0.15, 0.2) is 67.6 Å². The van der Waals surface area contributed by atoms with Crippen molar-refractivity contribution in [2.24, 2.45) is 0 Å². The van der Waals surface area contributed by atoms with Crippen molar-refractivity contribution < 1.29 is 18.7 Å². The lowest BCUT2D eigenvalue weighted by Crippen LogP contribution is -2.37. The van der Waals surface area contributed by atoms with Crippen LogP contribution in [0.4, 0.5) is 21.6 Å². The predicted octanol–water partition coefficient (Wildman–Crippen LogP) is 5.11. The summed E-state index contributed by atoms with van der Waals surface area (Å²) in [5, 5.41) is 6.49. The van der Waals surface area contributed by atoms with E-state index in [1.165, 1.54) is 18.5 Å². The number of nitrogens with zero attached hydrogens (tertiary/aromatic N) is 4. The van der Waals surface area contributed by atoms with Crippen LogP contribution in [0.2, 0.25) is 0 Å². The molecule has 10 heteroatoms. The number of pyridine rings is 1. The highest BCUT2D eigenvalue weighted by Gasteiger charge is 2.15. The maximum atomic E-state index is 14.9. The first kappa shape index (κ1) is 27.2. The quantitative estimate of drug-likeness (QED) is 0.211. The standard InChI is InChI=1S/C30H31FN6O3/c1-3-29(38)35-27-16-22-25(17-28(27)40-12-4-9-37-10-13-39-14-11-37)33-19-34-30(22)36-26-15-21(6-7-23(26)31)24-8-5-20(2)18-32-24/h3,5-8,15-19H,1,4,9-14H2,2H3,(H,35,38)(H,33,34,36). The second-order valence-electron chi connectivity index (χ2n) is 9.48. The van der Waals surface area contributed by atoms with Crippen molar-refractivity contribution in [3.63, 3.8) is 0 Å². The third-order valence-corrected chi connectivity index (χ3v) is 6.59. The lowest BCUT2D eigenvalue weighted by Gasteiger charge is -2.26. The highest BCUT2D eigenvalue weighted by Crippen LogP contribution is 2.34. The summed E-state index contributed by atoms with van der Waals surface area (Å²) < 4.78 is 26.4. The van der Waals surface area contributed by atoms with Crippen LogP contribution in [-0.2, 0) is 9.53 Å². The summed E-state index contributed by atoms with van der Waals surface area (Å²) in [6.45, 7) is 10.2. The molecular weight excluding hydrogens is 511 g/mol. The SMILES string of the molecule is C=CC(=O)Nc1cc2c(Nc3cc(-c4ccc(C)cn4)ccc3F)ncnc2cc1OCCCN1CCOCC1. The number of morpholine rings is 1. The summed E-state index contributed by atoms with van der Waals surface area (Å²) in [5.41, 5.74) is 3.78. The minimum atomic E-state index is -0.442. The Labute approximate surface area is 232 Å². The van der Waals surface area contributed by atoms with Crippen LogP contribution in [0.3, 0.4) is 0 Å². The zero-order chi connectivity index (χ0) is 27.9. The maximum absolute atomic E-state index is 14.9. The van der Waals surface area contributed by atoms with Gasteiger partial charge in [0.15, 0.2) is 0 Å². The van der Waals surface area contributed by atoms with E-state index in [9.17, 15) is 9.18 Å². The molecule has 0 atom stereocenters. The van der Waals surface area contributed by atoms with Crippen molar-refractivity contribution in [2.45, 2.75) is 13.3 Å². The van der Waals surface area contributed by atoms with Crippen LogP contribution in [0.25, 0.3) is 22.2 Å². The van der Waals surface area contributed by atoms with E-state index < -0.39 is 5.82 Å². The topological polar surface area (TPSA) is 102 Å². The first-order valence-corrected chi connectivity index (χ1v) is 13.1. The van der Waals surface area contributed by atoms with Gasteiger partial charge in [-0.25, -0.2) is 14.4 Å². The molecule has 3 heterocycles. The minimum Gasteiger partial charge on any atom is -0.491 e. The highest BCUT2D eigenvalue weighted by atomic mass is 19.1. The average molecular weight is 543 g/mol. The molecule has 0 bridgehead atoms. The first-order chi connectivity index (χ1) is 19.5. The Morgan fingerprint density at radius 3 is 2.75 bits per heavy atom. The molecular formula is C30H31FN6O3. The molecule has 40 heavy (non-hydrogen) atoms. The van der Waals surface area contributed by atoms with Gasteiger partial charge in [0.1, 0.15) is 23.7 Å². The Balaban J connectivity index is 1.40. The van der Waals surface area contributed by atoms with Crippen molar-refractivity contribution in [1.82, 2.24) is 19.9 Å². The molecule has 2 aromatic carbocycles. The molecule has 0 aliphatic carbocycles. The van der Waals surface area contributed by atoms with Crippen LogP contribution in [0.1, 0.15) is 12.0 Å². The van der Waals surface area contributed by atoms with Crippen LogP contribution in [0.5, 0.6) is 5.75 Å². The van der Waals surface area contributed by atoms with Crippen LogP contribution in [-0.4, -0.2) is 65.2 Å². The molecule has 2 aromatic heterocycles. The monoisotopic (exact) mass is 542 g/mol. The fourth-order valence-corrected chi connectivity index (χ4v) is 4.43. The fourth-order valence-electron chi connectivity index (χ4n) is 4.43. The molecule has 0 unspecified atom stereocenters. The lowest BCUT2D eigenvalue weighted by molar-refractivity contribution is -0.111. The third-order valence-electron chi connectivity index (χ3n) is 6.59. The number of hydrogen-bond donors (Lipinski definition) is 2. The second-order valence-corrected chi connectivity index (χ2v) is 9.48. The van der Waals surface area contributed by atoms with Gasteiger partial charge >= 0.3 is 0 Å². The fraction of sp³-hybridized carbons (Fsp3) is 0.267. The van der Waals surface area contributed by atoms with E-state index in [4.69, 9.17) is 9.47 Å². The predicted molar refractivity (Wildman–Crippen MR) is 153 cm³/mol. The van der Waals surface area contributed by atoms with E-state index in [2.05, 4.69) is 37.1 Å². The number of halogens is 1. The number of nitrogens with one attached hydrogen (secondary N) is 2. The van der Waals surface area contributed by atoms with E-state index in [0.717, 1.165) is 56.1 Å². The van der Waals surface area contributed by atoms with Gasteiger partial charge in [-0.3, -0.25) is 14.7 Å². The average Bonchev–Trinajstić information content (AvgIpc) is 2.97. The van der Waals surface area contributed by atoms with Crippen LogP contribution in [0, 0.1) is 12.7 Å². The highest BCUT2D eigenvalue weighted by molar-refractivity contribution is 6.03. The van der Waals surface area contributed by atoms with Crippen molar-refractivity contribution >= 4 is 34.0 Å². The number of aromatic nitrogens is 3. The molecule has 2 N–H and O–H groups in total. The van der Waals surface area contributed by atoms with Crippen molar-refractivity contribution in [3.05, 3.63) is 79.0 Å². The van der Waals surface area contributed by atoms with Gasteiger partial charge < -0.3 is 20.1 Å². The van der Waals surface area contributed by atoms with Crippen molar-refractivity contribution in [2.75, 3.05) is 50.1 Å². The summed E-state index contributed by atoms with van der Waals surface area (Å²) in [7, 11) is 0. The van der Waals surface area contributed by atoms with E-state index in [-0.39, 0.29) is 11.6 Å². The largest absolute Gasteiger partial charge is 0.491 e. The Hall–Kier alpha value is -4.41. The zero-order valence-electron chi connectivity index (χ0n) is 22.3. The summed E-state index contributed by atoms with van der Waals surface area (Å²) in [5.74, 6) is 0.0371. The molecule has 0 spiro atoms. The summed E-state index contributed by atoms with van der Waals surface area (Å²) >= 11 is 0. The van der Waals surface area contributed by atoms with Gasteiger partial charge in [-0.15, -0.1) is 0 Å². The number of anilines is 3. The third kappa shape index (κ3) is 6.59. The van der Waals surface area contributed by atoms with Gasteiger partial charge in [-0.05, 0) is 55.3 Å². The smallest absolute Gasteiger partial charge is 0.247 e. The number of aryl methyl sites for hydroxylation is 1. The normalized spacial score (nSPS) is 13.7. The number of carbonyl (C=O) groups excluding carboxylic acids is 1. The van der Waals surface area contributed by atoms with Gasteiger partial charge in [0.05, 0.1) is 42.4 Å². The number of ether oxygens (including phenoxy) is 2. The van der Waals surface area contributed by atoms with Gasteiger partial charge in [-0.2, -0.15) is 0 Å². The molecule has 1 aliphatic heterocycles. The number of fused-ring (bicyclic) bond motifs is 1. The van der Waals surface area contributed by atoms with Crippen LogP contribution < -0.4 is 15.4 Å². The minimum absolute atomic E-state index is 0.236. The molecule has 9 nitrogen and oxygen atoms in total. The van der Waals surface area contributed by atoms with Gasteiger partial charge in [0.25, 0.3) is 0 Å². The van der Waals surface area contributed by atoms with Crippen LogP contribution >= 0.6 is 0 Å². The molecule has 0 radical (unpaired) electrons. The number of carbonyl (C=O) groups is 1. The molecule has 5 rings (SSSR count). The maximum Gasteiger partial charge on any atom is 0.247 e. The first-order valence-electron chi connectivity index (χ1n) is 13.1. The number of hydrogen-bond acceptors (Lipinski definition) is 8. The lowest BCUT2D eigenvalue weighted by atomic mass is 10.1. The molecule has 1 aliphatic rings. The molecule has 1 amide bonds. The van der Waals surface area contributed by atoms with Crippen molar-refractivity contribution in [1.29, 1.82) is 0 Å². The van der Waals surface area contributed by atoms with E-state index in [1.807, 2.05) is 19.1 Å². The Morgan fingerprint density at radius 1 is 1.12 bits per heavy atom. The zero-order valence-corrected chi connectivity index (χ0v) is 22.3. The van der Waals surface area contributed by atoms with E-state index in [1.54, 1.807) is 30.5 Å². The Morgan fingerprint density at radius 2 is 1.98 bits per heavy atom. The van der Waals surface area contributed by atoms with E-state index in [0.29, 0.717) is 34.8 Å². The molecule has 206 valence electrons. The van der Waals surface area contributed by atoms with Crippen molar-refractivity contribution in [3.8, 4) is 17.0 Å². The number of benzene rings is 2. The number of amides is 1.